The zero-order valence-electron chi connectivity index (χ0n) is 8.75. The first-order chi connectivity index (χ1) is 8.06. The van der Waals surface area contributed by atoms with Crippen molar-refractivity contribution >= 4 is 39.2 Å². The first-order valence-electron chi connectivity index (χ1n) is 4.76. The molecule has 2 aromatic rings. The third-order valence-electron chi connectivity index (χ3n) is 1.95. The van der Waals surface area contributed by atoms with Crippen LogP contribution in [0.1, 0.15) is 18.2 Å². The number of rotatable bonds is 3. The summed E-state index contributed by atoms with van der Waals surface area (Å²) >= 11 is 8.94. The standard InChI is InChI=1S/C10H8BrClFN3O/c1-5(12)9-15-16-10(17-9)14-8-3-2-6(11)4-7(8)13/h2-5H,1H3,(H,14,16). The number of aromatic nitrogens is 2. The van der Waals surface area contributed by atoms with Crippen LogP contribution in [0.4, 0.5) is 16.1 Å². The predicted octanol–water partition coefficient (Wildman–Crippen LogP) is 4.01. The topological polar surface area (TPSA) is 51.0 Å². The molecule has 0 fully saturated rings. The highest BCUT2D eigenvalue weighted by Crippen LogP contribution is 2.24. The van der Waals surface area contributed by atoms with Gasteiger partial charge in [0.05, 0.1) is 5.69 Å². The average Bonchev–Trinajstić information content (AvgIpc) is 2.71. The summed E-state index contributed by atoms with van der Waals surface area (Å²) in [6.45, 7) is 1.71. The number of nitrogens with one attached hydrogen (secondary N) is 1. The van der Waals surface area contributed by atoms with Crippen LogP contribution in [-0.2, 0) is 0 Å². The summed E-state index contributed by atoms with van der Waals surface area (Å²) in [5, 5.41) is 9.72. The van der Waals surface area contributed by atoms with Gasteiger partial charge in [-0.1, -0.05) is 21.0 Å². The zero-order chi connectivity index (χ0) is 12.4. The van der Waals surface area contributed by atoms with Gasteiger partial charge in [-0.3, -0.25) is 0 Å². The number of hydrogen-bond donors (Lipinski definition) is 1. The van der Waals surface area contributed by atoms with Crippen LogP contribution in [0.2, 0.25) is 0 Å². The van der Waals surface area contributed by atoms with Gasteiger partial charge in [0.1, 0.15) is 11.2 Å². The van der Waals surface area contributed by atoms with E-state index in [0.29, 0.717) is 4.47 Å². The third-order valence-corrected chi connectivity index (χ3v) is 2.63. The summed E-state index contributed by atoms with van der Waals surface area (Å²) in [6, 6.07) is 4.71. The Bertz CT molecular complexity index is 532. The smallest absolute Gasteiger partial charge is 0.320 e. The lowest BCUT2D eigenvalue weighted by Gasteiger charge is -2.02. The lowest BCUT2D eigenvalue weighted by atomic mass is 10.3. The van der Waals surface area contributed by atoms with Gasteiger partial charge in [0, 0.05) is 4.47 Å². The lowest BCUT2D eigenvalue weighted by Crippen LogP contribution is -1.93. The molecular weight excluding hydrogens is 312 g/mol. The van der Waals surface area contributed by atoms with E-state index >= 15 is 0 Å². The Kier molecular flexibility index (Phi) is 3.63. The molecule has 1 atom stereocenters. The van der Waals surface area contributed by atoms with Gasteiger partial charge in [-0.2, -0.15) is 0 Å². The van der Waals surface area contributed by atoms with Crippen molar-refractivity contribution in [3.05, 3.63) is 34.4 Å². The molecule has 1 N–H and O–H groups in total. The Morgan fingerprint density at radius 2 is 2.24 bits per heavy atom. The van der Waals surface area contributed by atoms with E-state index in [2.05, 4.69) is 31.4 Å². The second-order valence-corrected chi connectivity index (χ2v) is 4.88. The molecule has 1 unspecified atom stereocenters. The molecule has 7 heteroatoms. The van der Waals surface area contributed by atoms with E-state index in [0.717, 1.165) is 0 Å². The number of halogens is 3. The predicted molar refractivity (Wildman–Crippen MR) is 65.9 cm³/mol. The maximum absolute atomic E-state index is 13.5. The monoisotopic (exact) mass is 319 g/mol. The number of hydrogen-bond acceptors (Lipinski definition) is 4. The number of benzene rings is 1. The quantitative estimate of drug-likeness (QED) is 0.868. The second-order valence-electron chi connectivity index (χ2n) is 3.31. The van der Waals surface area contributed by atoms with Crippen LogP contribution in [0.3, 0.4) is 0 Å². The van der Waals surface area contributed by atoms with E-state index in [1.807, 2.05) is 0 Å². The minimum atomic E-state index is -0.418. The van der Waals surface area contributed by atoms with E-state index in [-0.39, 0.29) is 23.0 Å². The van der Waals surface area contributed by atoms with Crippen LogP contribution in [0, 0.1) is 5.82 Å². The highest BCUT2D eigenvalue weighted by molar-refractivity contribution is 9.10. The molecule has 0 saturated heterocycles. The molecule has 0 radical (unpaired) electrons. The van der Waals surface area contributed by atoms with Crippen molar-refractivity contribution in [2.75, 3.05) is 5.32 Å². The SMILES string of the molecule is CC(Cl)c1nnc(Nc2ccc(Br)cc2F)o1. The van der Waals surface area contributed by atoms with Crippen LogP contribution in [-0.4, -0.2) is 10.2 Å². The number of alkyl halides is 1. The van der Waals surface area contributed by atoms with Crippen LogP contribution < -0.4 is 5.32 Å². The maximum Gasteiger partial charge on any atom is 0.320 e. The molecule has 4 nitrogen and oxygen atoms in total. The molecule has 2 rings (SSSR count). The summed E-state index contributed by atoms with van der Waals surface area (Å²) in [6.07, 6.45) is 0. The molecule has 0 saturated carbocycles. The molecule has 90 valence electrons. The van der Waals surface area contributed by atoms with Crippen molar-refractivity contribution in [3.8, 4) is 0 Å². The number of anilines is 2. The highest BCUT2D eigenvalue weighted by Gasteiger charge is 2.12. The molecule has 0 amide bonds. The molecule has 0 aliphatic carbocycles. The third kappa shape index (κ3) is 2.95. The summed E-state index contributed by atoms with van der Waals surface area (Å²) in [7, 11) is 0. The average molecular weight is 321 g/mol. The zero-order valence-corrected chi connectivity index (χ0v) is 11.1. The lowest BCUT2D eigenvalue weighted by molar-refractivity contribution is 0.509. The van der Waals surface area contributed by atoms with Crippen molar-refractivity contribution in [2.45, 2.75) is 12.3 Å². The largest absolute Gasteiger partial charge is 0.406 e. The van der Waals surface area contributed by atoms with Crippen molar-refractivity contribution in [3.63, 3.8) is 0 Å². The molecule has 0 spiro atoms. The molecule has 1 aromatic carbocycles. The van der Waals surface area contributed by atoms with Crippen molar-refractivity contribution in [1.29, 1.82) is 0 Å². The van der Waals surface area contributed by atoms with E-state index < -0.39 is 5.82 Å². The van der Waals surface area contributed by atoms with E-state index in [4.69, 9.17) is 16.0 Å². The Morgan fingerprint density at radius 1 is 1.47 bits per heavy atom. The van der Waals surface area contributed by atoms with E-state index in [1.165, 1.54) is 6.07 Å². The van der Waals surface area contributed by atoms with Gasteiger partial charge in [-0.15, -0.1) is 16.7 Å². The van der Waals surface area contributed by atoms with Gasteiger partial charge in [-0.25, -0.2) is 4.39 Å². The fourth-order valence-corrected chi connectivity index (χ4v) is 1.57. The fraction of sp³-hybridized carbons (Fsp3) is 0.200. The second kappa shape index (κ2) is 5.01. The number of nitrogens with zero attached hydrogens (tertiary/aromatic N) is 2. The minimum absolute atomic E-state index is 0.105. The normalized spacial score (nSPS) is 12.5. The summed E-state index contributed by atoms with van der Waals surface area (Å²) in [4.78, 5) is 0. The Labute approximate surface area is 110 Å². The molecular formula is C10H8BrClFN3O. The molecule has 1 heterocycles. The van der Waals surface area contributed by atoms with Gasteiger partial charge in [0.2, 0.25) is 5.89 Å². The van der Waals surface area contributed by atoms with E-state index in [1.54, 1.807) is 19.1 Å². The van der Waals surface area contributed by atoms with Gasteiger partial charge >= 0.3 is 6.01 Å². The van der Waals surface area contributed by atoms with Crippen molar-refractivity contribution in [1.82, 2.24) is 10.2 Å². The van der Waals surface area contributed by atoms with Crippen LogP contribution >= 0.6 is 27.5 Å². The molecule has 1 aromatic heterocycles. The molecule has 0 bridgehead atoms. The molecule has 0 aliphatic heterocycles. The minimum Gasteiger partial charge on any atom is -0.406 e. The van der Waals surface area contributed by atoms with E-state index in [9.17, 15) is 4.39 Å². The fourth-order valence-electron chi connectivity index (χ4n) is 1.15. The summed E-state index contributed by atoms with van der Waals surface area (Å²) in [5.41, 5.74) is 0.255. The first-order valence-corrected chi connectivity index (χ1v) is 5.99. The Balaban J connectivity index is 2.19. The summed E-state index contributed by atoms with van der Waals surface area (Å²) < 4.78 is 19.3. The van der Waals surface area contributed by atoms with Crippen molar-refractivity contribution < 1.29 is 8.81 Å². The Hall–Kier alpha value is -1.14. The van der Waals surface area contributed by atoms with Gasteiger partial charge in [0.25, 0.3) is 0 Å². The molecule has 17 heavy (non-hydrogen) atoms. The van der Waals surface area contributed by atoms with Gasteiger partial charge in [0.15, 0.2) is 0 Å². The summed E-state index contributed by atoms with van der Waals surface area (Å²) in [5.74, 6) is -0.135. The first kappa shape index (κ1) is 12.3. The Morgan fingerprint density at radius 3 is 2.82 bits per heavy atom. The molecule has 0 aliphatic rings. The van der Waals surface area contributed by atoms with Crippen LogP contribution in [0.25, 0.3) is 0 Å². The van der Waals surface area contributed by atoms with Crippen LogP contribution in [0.5, 0.6) is 0 Å². The van der Waals surface area contributed by atoms with Crippen molar-refractivity contribution in [2.24, 2.45) is 0 Å². The maximum atomic E-state index is 13.5. The van der Waals surface area contributed by atoms with Crippen LogP contribution in [0.15, 0.2) is 27.1 Å². The van der Waals surface area contributed by atoms with Gasteiger partial charge < -0.3 is 9.73 Å². The highest BCUT2D eigenvalue weighted by atomic mass is 79.9. The van der Waals surface area contributed by atoms with Gasteiger partial charge in [-0.05, 0) is 25.1 Å².